The molecule has 5 nitrogen and oxygen atoms in total. The minimum atomic E-state index is -0.565. The van der Waals surface area contributed by atoms with Crippen LogP contribution in [-0.2, 0) is 16.6 Å². The predicted molar refractivity (Wildman–Crippen MR) is 114 cm³/mol. The van der Waals surface area contributed by atoms with Gasteiger partial charge in [0.05, 0.1) is 5.69 Å². The van der Waals surface area contributed by atoms with Gasteiger partial charge in [0.15, 0.2) is 0 Å². The number of nitrogens with zero attached hydrogens (tertiary/aromatic N) is 1. The molecular weight excluding hydrogens is 364 g/mol. The molecule has 0 unspecified atom stereocenters. The van der Waals surface area contributed by atoms with Crippen molar-refractivity contribution >= 4 is 11.6 Å². The topological polar surface area (TPSA) is 61.8 Å². The number of carbonyl (C=O) groups is 1. The number of hydrogen-bond acceptors (Lipinski definition) is 4. The first kappa shape index (κ1) is 19.9. The molecule has 0 saturated carbocycles. The Labute approximate surface area is 172 Å². The van der Waals surface area contributed by atoms with Crippen LogP contribution in [0.25, 0.3) is 0 Å². The van der Waals surface area contributed by atoms with Crippen molar-refractivity contribution in [2.45, 2.75) is 44.1 Å². The molecule has 0 aromatic heterocycles. The third-order valence-corrected chi connectivity index (χ3v) is 6.37. The van der Waals surface area contributed by atoms with Crippen molar-refractivity contribution in [2.24, 2.45) is 0 Å². The lowest BCUT2D eigenvalue weighted by molar-refractivity contribution is -0.114. The summed E-state index contributed by atoms with van der Waals surface area (Å²) in [7, 11) is 0. The lowest BCUT2D eigenvalue weighted by Crippen LogP contribution is -2.45. The van der Waals surface area contributed by atoms with E-state index in [1.165, 1.54) is 25.3 Å². The van der Waals surface area contributed by atoms with Crippen LogP contribution in [-0.4, -0.2) is 48.3 Å². The molecule has 2 N–H and O–H groups in total. The Hall–Kier alpha value is -2.37. The van der Waals surface area contributed by atoms with Crippen LogP contribution >= 0.6 is 0 Å². The van der Waals surface area contributed by atoms with Crippen molar-refractivity contribution in [3.8, 4) is 5.75 Å². The van der Waals surface area contributed by atoms with Gasteiger partial charge in [-0.1, -0.05) is 36.4 Å². The Kier molecular flexibility index (Phi) is 5.88. The SMILES string of the molecule is CC(=O)Nc1ccccc1OC[C@H](O)CN1CCC2(CCc3ccccc32)CC1. The molecule has 154 valence electrons. The molecule has 29 heavy (non-hydrogen) atoms. The first-order chi connectivity index (χ1) is 14.1. The van der Waals surface area contributed by atoms with Crippen molar-refractivity contribution < 1.29 is 14.6 Å². The summed E-state index contributed by atoms with van der Waals surface area (Å²) >= 11 is 0. The fraction of sp³-hybridized carbons (Fsp3) is 0.458. The minimum Gasteiger partial charge on any atom is -0.489 e. The Morgan fingerprint density at radius 2 is 1.86 bits per heavy atom. The van der Waals surface area contributed by atoms with Crippen LogP contribution in [0.3, 0.4) is 0 Å². The molecule has 1 aliphatic heterocycles. The summed E-state index contributed by atoms with van der Waals surface area (Å²) in [6.45, 7) is 4.31. The summed E-state index contributed by atoms with van der Waals surface area (Å²) in [4.78, 5) is 13.7. The molecule has 1 amide bonds. The van der Waals surface area contributed by atoms with Crippen molar-refractivity contribution in [1.29, 1.82) is 0 Å². The van der Waals surface area contributed by atoms with Gasteiger partial charge in [-0.05, 0) is 67.4 Å². The number of aliphatic hydroxyl groups excluding tert-OH is 1. The van der Waals surface area contributed by atoms with Gasteiger partial charge >= 0.3 is 0 Å². The zero-order valence-electron chi connectivity index (χ0n) is 17.1. The van der Waals surface area contributed by atoms with Gasteiger partial charge in [-0.15, -0.1) is 0 Å². The van der Waals surface area contributed by atoms with Crippen LogP contribution in [0.15, 0.2) is 48.5 Å². The van der Waals surface area contributed by atoms with E-state index in [1.807, 2.05) is 12.1 Å². The number of fused-ring (bicyclic) bond motifs is 2. The highest BCUT2D eigenvalue weighted by molar-refractivity contribution is 5.90. The monoisotopic (exact) mass is 394 g/mol. The molecular formula is C24H30N2O3. The normalized spacial score (nSPS) is 19.0. The zero-order chi connectivity index (χ0) is 20.3. The van der Waals surface area contributed by atoms with Gasteiger partial charge in [-0.2, -0.15) is 0 Å². The van der Waals surface area contributed by atoms with Gasteiger partial charge in [0.1, 0.15) is 18.5 Å². The highest BCUT2D eigenvalue weighted by Crippen LogP contribution is 2.46. The third kappa shape index (κ3) is 4.46. The van der Waals surface area contributed by atoms with Gasteiger partial charge in [-0.3, -0.25) is 4.79 Å². The van der Waals surface area contributed by atoms with E-state index < -0.39 is 6.10 Å². The van der Waals surface area contributed by atoms with Gasteiger partial charge in [-0.25, -0.2) is 0 Å². The number of anilines is 1. The minimum absolute atomic E-state index is 0.141. The Morgan fingerprint density at radius 3 is 2.66 bits per heavy atom. The number of benzene rings is 2. The summed E-state index contributed by atoms with van der Waals surface area (Å²) < 4.78 is 5.79. The fourth-order valence-corrected chi connectivity index (χ4v) is 4.87. The number of likely N-dealkylation sites (tertiary alicyclic amines) is 1. The Balaban J connectivity index is 1.28. The van der Waals surface area contributed by atoms with E-state index in [1.54, 1.807) is 17.7 Å². The number of nitrogens with one attached hydrogen (secondary N) is 1. The first-order valence-corrected chi connectivity index (χ1v) is 10.5. The second-order valence-electron chi connectivity index (χ2n) is 8.38. The average molecular weight is 395 g/mol. The van der Waals surface area contributed by atoms with E-state index >= 15 is 0 Å². The molecule has 5 heteroatoms. The van der Waals surface area contributed by atoms with Crippen molar-refractivity contribution in [2.75, 3.05) is 31.6 Å². The first-order valence-electron chi connectivity index (χ1n) is 10.5. The summed E-state index contributed by atoms with van der Waals surface area (Å²) in [5, 5.41) is 13.3. The van der Waals surface area contributed by atoms with Crippen molar-refractivity contribution in [3.05, 3.63) is 59.7 Å². The van der Waals surface area contributed by atoms with Gasteiger partial charge < -0.3 is 20.1 Å². The molecule has 2 aliphatic rings. The molecule has 1 atom stereocenters. The van der Waals surface area contributed by atoms with Crippen molar-refractivity contribution in [1.82, 2.24) is 4.90 Å². The van der Waals surface area contributed by atoms with E-state index in [0.29, 0.717) is 23.4 Å². The largest absolute Gasteiger partial charge is 0.489 e. The van der Waals surface area contributed by atoms with Crippen LogP contribution in [0, 0.1) is 0 Å². The van der Waals surface area contributed by atoms with E-state index in [2.05, 4.69) is 34.5 Å². The number of rotatable bonds is 6. The maximum Gasteiger partial charge on any atom is 0.221 e. The Bertz CT molecular complexity index is 859. The zero-order valence-corrected chi connectivity index (χ0v) is 17.1. The predicted octanol–water partition coefficient (Wildman–Crippen LogP) is 3.36. The fourth-order valence-electron chi connectivity index (χ4n) is 4.87. The number of carbonyl (C=O) groups excluding carboxylic acids is 1. The molecule has 1 heterocycles. The molecule has 0 radical (unpaired) electrons. The number of amides is 1. The van der Waals surface area contributed by atoms with Crippen LogP contribution in [0.2, 0.25) is 0 Å². The molecule has 0 bridgehead atoms. The summed E-state index contributed by atoms with van der Waals surface area (Å²) in [5.41, 5.74) is 4.05. The van der Waals surface area contributed by atoms with Crippen LogP contribution < -0.4 is 10.1 Å². The number of piperidine rings is 1. The maximum absolute atomic E-state index is 11.3. The highest BCUT2D eigenvalue weighted by Gasteiger charge is 2.40. The Morgan fingerprint density at radius 1 is 1.14 bits per heavy atom. The molecule has 1 saturated heterocycles. The number of aliphatic hydroxyl groups is 1. The number of β-amino-alcohol motifs (C(OH)–C–C–N with tert-alkyl or cyclic N) is 1. The third-order valence-electron chi connectivity index (χ3n) is 6.37. The van der Waals surface area contributed by atoms with Crippen LogP contribution in [0.5, 0.6) is 5.75 Å². The summed E-state index contributed by atoms with van der Waals surface area (Å²) in [5.74, 6) is 0.444. The van der Waals surface area contributed by atoms with Crippen LogP contribution in [0.4, 0.5) is 5.69 Å². The van der Waals surface area contributed by atoms with E-state index in [9.17, 15) is 9.90 Å². The maximum atomic E-state index is 11.3. The summed E-state index contributed by atoms with van der Waals surface area (Å²) in [6.07, 6.45) is 4.20. The van der Waals surface area contributed by atoms with E-state index in [-0.39, 0.29) is 12.5 Å². The number of aryl methyl sites for hydroxylation is 1. The van der Waals surface area contributed by atoms with Gasteiger partial charge in [0, 0.05) is 13.5 Å². The van der Waals surface area contributed by atoms with Gasteiger partial charge in [0.25, 0.3) is 0 Å². The number of para-hydroxylation sites is 2. The van der Waals surface area contributed by atoms with E-state index in [4.69, 9.17) is 4.74 Å². The smallest absolute Gasteiger partial charge is 0.221 e. The van der Waals surface area contributed by atoms with E-state index in [0.717, 1.165) is 25.9 Å². The molecule has 4 rings (SSSR count). The van der Waals surface area contributed by atoms with Crippen molar-refractivity contribution in [3.63, 3.8) is 0 Å². The number of ether oxygens (including phenoxy) is 1. The highest BCUT2D eigenvalue weighted by atomic mass is 16.5. The summed E-state index contributed by atoms with van der Waals surface area (Å²) in [6, 6.07) is 16.2. The number of hydrogen-bond donors (Lipinski definition) is 2. The lowest BCUT2D eigenvalue weighted by Gasteiger charge is -2.40. The standard InChI is InChI=1S/C24H30N2O3/c1-18(27)25-22-8-4-5-9-23(22)29-17-20(28)16-26-14-12-24(13-15-26)11-10-19-6-2-3-7-21(19)24/h2-9,20,28H,10-17H2,1H3,(H,25,27)/t20-/m1/s1. The second kappa shape index (κ2) is 8.56. The lowest BCUT2D eigenvalue weighted by atomic mass is 9.74. The molecule has 2 aromatic rings. The van der Waals surface area contributed by atoms with Crippen LogP contribution in [0.1, 0.15) is 37.3 Å². The van der Waals surface area contributed by atoms with Gasteiger partial charge in [0.2, 0.25) is 5.91 Å². The quantitative estimate of drug-likeness (QED) is 0.789. The average Bonchev–Trinajstić information content (AvgIpc) is 3.07. The molecule has 1 spiro atoms. The molecule has 1 fully saturated rings. The molecule has 1 aliphatic carbocycles. The second-order valence-corrected chi connectivity index (χ2v) is 8.38. The molecule has 2 aromatic carbocycles.